The zero-order valence-corrected chi connectivity index (χ0v) is 11.2. The number of aliphatic imine (C=N–C) groups is 1. The van der Waals surface area contributed by atoms with Crippen LogP contribution >= 0.6 is 12.2 Å². The third kappa shape index (κ3) is 3.46. The first-order valence-corrected chi connectivity index (χ1v) is 6.19. The third-order valence-corrected chi connectivity index (χ3v) is 2.74. The van der Waals surface area contributed by atoms with Crippen LogP contribution in [0, 0.1) is 17.1 Å². The number of rotatable bonds is 3. The number of hydrogen-bond acceptors (Lipinski definition) is 3. The molecule has 0 aliphatic carbocycles. The fourth-order valence-corrected chi connectivity index (χ4v) is 1.73. The zero-order chi connectivity index (χ0) is 14.4. The van der Waals surface area contributed by atoms with Crippen LogP contribution in [0.3, 0.4) is 0 Å². The lowest BCUT2D eigenvalue weighted by Crippen LogP contribution is -1.79. The van der Waals surface area contributed by atoms with Crippen molar-refractivity contribution >= 4 is 35.2 Å². The molecule has 0 saturated heterocycles. The fourth-order valence-electron chi connectivity index (χ4n) is 1.63. The van der Waals surface area contributed by atoms with Gasteiger partial charge in [-0.25, -0.2) is 4.39 Å². The van der Waals surface area contributed by atoms with Crippen LogP contribution in [0.1, 0.15) is 16.7 Å². The molecule has 0 saturated carbocycles. The number of halogens is 1. The minimum absolute atomic E-state index is 0.176. The molecule has 2 rings (SSSR count). The number of benzene rings is 2. The van der Waals surface area contributed by atoms with Crippen LogP contribution in [0.15, 0.2) is 47.5 Å². The minimum atomic E-state index is -0.440. The maximum atomic E-state index is 13.6. The molecular formula is C16H9FN2S. The van der Waals surface area contributed by atoms with Crippen molar-refractivity contribution in [2.45, 2.75) is 0 Å². The van der Waals surface area contributed by atoms with E-state index < -0.39 is 5.82 Å². The lowest BCUT2D eigenvalue weighted by atomic mass is 10.1. The highest BCUT2D eigenvalue weighted by Crippen LogP contribution is 2.19. The largest absolute Gasteiger partial charge is 0.205 e. The fraction of sp³-hybridized carbons (Fsp3) is 0. The molecule has 0 amide bonds. The van der Waals surface area contributed by atoms with E-state index in [4.69, 9.17) is 5.26 Å². The van der Waals surface area contributed by atoms with Gasteiger partial charge in [0.15, 0.2) is 0 Å². The van der Waals surface area contributed by atoms with E-state index in [1.807, 2.05) is 18.2 Å². The van der Waals surface area contributed by atoms with E-state index in [0.29, 0.717) is 5.56 Å². The van der Waals surface area contributed by atoms with E-state index in [0.717, 1.165) is 11.1 Å². The Morgan fingerprint density at radius 3 is 2.30 bits per heavy atom. The third-order valence-electron chi connectivity index (χ3n) is 2.65. The Labute approximate surface area is 121 Å². The lowest BCUT2D eigenvalue weighted by molar-refractivity contribution is 0.630. The molecule has 2 nitrogen and oxygen atoms in total. The van der Waals surface area contributed by atoms with Gasteiger partial charge in [0.1, 0.15) is 11.5 Å². The van der Waals surface area contributed by atoms with Crippen LogP contribution in [0.5, 0.6) is 0 Å². The molecule has 0 bridgehead atoms. The first kappa shape index (κ1) is 13.8. The Bertz CT molecular complexity index is 736. The highest BCUT2D eigenvalue weighted by atomic mass is 32.1. The van der Waals surface area contributed by atoms with Gasteiger partial charge >= 0.3 is 0 Å². The normalized spacial score (nSPS) is 10.0. The average Bonchev–Trinajstić information content (AvgIpc) is 2.48. The minimum Gasteiger partial charge on any atom is -0.205 e. The highest BCUT2D eigenvalue weighted by Gasteiger charge is 2.00. The van der Waals surface area contributed by atoms with Crippen molar-refractivity contribution in [2.75, 3.05) is 0 Å². The second kappa shape index (κ2) is 6.53. The van der Waals surface area contributed by atoms with Crippen molar-refractivity contribution in [3.63, 3.8) is 0 Å². The van der Waals surface area contributed by atoms with E-state index in [1.54, 1.807) is 30.3 Å². The van der Waals surface area contributed by atoms with Gasteiger partial charge in [0.25, 0.3) is 0 Å². The van der Waals surface area contributed by atoms with Crippen LogP contribution < -0.4 is 0 Å². The van der Waals surface area contributed by atoms with Crippen molar-refractivity contribution in [1.29, 1.82) is 5.26 Å². The van der Waals surface area contributed by atoms with Gasteiger partial charge in [0, 0.05) is 0 Å². The van der Waals surface area contributed by atoms with Gasteiger partial charge in [-0.15, -0.1) is 0 Å². The van der Waals surface area contributed by atoms with Crippen molar-refractivity contribution < 1.29 is 4.39 Å². The molecule has 2 aromatic rings. The van der Waals surface area contributed by atoms with Gasteiger partial charge in [-0.1, -0.05) is 30.4 Å². The highest BCUT2D eigenvalue weighted by molar-refractivity contribution is 7.78. The molecule has 0 aliphatic rings. The van der Waals surface area contributed by atoms with Gasteiger partial charge in [-0.3, -0.25) is 0 Å². The van der Waals surface area contributed by atoms with Gasteiger partial charge in [0.2, 0.25) is 0 Å². The molecule has 0 atom stereocenters. The van der Waals surface area contributed by atoms with Crippen LogP contribution in [0.25, 0.3) is 12.2 Å². The Hall–Kier alpha value is -2.60. The summed E-state index contributed by atoms with van der Waals surface area (Å²) in [6.45, 7) is 0. The summed E-state index contributed by atoms with van der Waals surface area (Å²) in [4.78, 5) is 3.62. The molecule has 0 unspecified atom stereocenters. The van der Waals surface area contributed by atoms with Gasteiger partial charge < -0.3 is 0 Å². The summed E-state index contributed by atoms with van der Waals surface area (Å²) in [6, 6.07) is 13.9. The van der Waals surface area contributed by atoms with Crippen LogP contribution in [0.4, 0.5) is 10.1 Å². The summed E-state index contributed by atoms with van der Waals surface area (Å²) < 4.78 is 13.6. The smallest absolute Gasteiger partial charge is 0.150 e. The van der Waals surface area contributed by atoms with Crippen LogP contribution in [0.2, 0.25) is 0 Å². The molecule has 0 fully saturated rings. The lowest BCUT2D eigenvalue weighted by Gasteiger charge is -1.98. The average molecular weight is 280 g/mol. The van der Waals surface area contributed by atoms with E-state index >= 15 is 0 Å². The maximum absolute atomic E-state index is 13.6. The standard InChI is InChI=1S/C16H9FN2S/c17-15-9-13(7-8-16(15)19-11-20)4-1-12-2-5-14(10-18)6-3-12/h1-9H/b4-1+. The predicted molar refractivity (Wildman–Crippen MR) is 81.2 cm³/mol. The maximum Gasteiger partial charge on any atom is 0.150 e. The number of nitrogens with zero attached hydrogens (tertiary/aromatic N) is 2. The monoisotopic (exact) mass is 280 g/mol. The number of hydrogen-bond donors (Lipinski definition) is 0. The van der Waals surface area contributed by atoms with E-state index in [2.05, 4.69) is 28.4 Å². The van der Waals surface area contributed by atoms with Crippen molar-refractivity contribution in [1.82, 2.24) is 0 Å². The van der Waals surface area contributed by atoms with E-state index in [9.17, 15) is 4.39 Å². The number of isothiocyanates is 1. The molecule has 0 aliphatic heterocycles. The SMILES string of the molecule is N#Cc1ccc(/C=C/c2ccc(N=C=S)c(F)c2)cc1. The quantitative estimate of drug-likeness (QED) is 0.468. The summed E-state index contributed by atoms with van der Waals surface area (Å²) in [7, 11) is 0. The Morgan fingerprint density at radius 1 is 1.05 bits per heavy atom. The van der Waals surface area contributed by atoms with Gasteiger partial charge in [-0.2, -0.15) is 10.3 Å². The first-order chi connectivity index (χ1) is 9.72. The predicted octanol–water partition coefficient (Wildman–Crippen LogP) is 4.60. The Morgan fingerprint density at radius 2 is 1.70 bits per heavy atom. The summed E-state index contributed by atoms with van der Waals surface area (Å²) in [5.74, 6) is -0.440. The first-order valence-electron chi connectivity index (χ1n) is 5.78. The molecule has 0 radical (unpaired) electrons. The summed E-state index contributed by atoms with van der Waals surface area (Å²) in [5, 5.41) is 10.8. The van der Waals surface area contributed by atoms with E-state index in [-0.39, 0.29) is 5.69 Å². The summed E-state index contributed by atoms with van der Waals surface area (Å²) >= 11 is 4.44. The molecule has 0 heterocycles. The van der Waals surface area contributed by atoms with Crippen LogP contribution in [-0.2, 0) is 0 Å². The Kier molecular flexibility index (Phi) is 4.52. The molecule has 4 heteroatoms. The second-order valence-corrected chi connectivity index (χ2v) is 4.16. The molecule has 96 valence electrons. The second-order valence-electron chi connectivity index (χ2n) is 3.98. The molecule has 0 aromatic heterocycles. The molecule has 2 aromatic carbocycles. The van der Waals surface area contributed by atoms with Crippen LogP contribution in [-0.4, -0.2) is 5.16 Å². The van der Waals surface area contributed by atoms with Gasteiger partial charge in [0.05, 0.1) is 16.8 Å². The van der Waals surface area contributed by atoms with E-state index in [1.165, 1.54) is 6.07 Å². The zero-order valence-electron chi connectivity index (χ0n) is 10.4. The van der Waals surface area contributed by atoms with Crippen molar-refractivity contribution in [3.05, 3.63) is 65.0 Å². The Balaban J connectivity index is 2.20. The summed E-state index contributed by atoms with van der Waals surface area (Å²) in [6.07, 6.45) is 3.63. The number of thiocarbonyl (C=S) groups is 1. The van der Waals surface area contributed by atoms with Gasteiger partial charge in [-0.05, 0) is 47.6 Å². The topological polar surface area (TPSA) is 36.1 Å². The molecule has 0 N–H and O–H groups in total. The molecule has 0 spiro atoms. The van der Waals surface area contributed by atoms with Crippen molar-refractivity contribution in [2.24, 2.45) is 4.99 Å². The summed E-state index contributed by atoms with van der Waals surface area (Å²) in [5.41, 5.74) is 2.44. The molecular weight excluding hydrogens is 271 g/mol. The number of nitriles is 1. The molecule has 20 heavy (non-hydrogen) atoms. The van der Waals surface area contributed by atoms with Crippen molar-refractivity contribution in [3.8, 4) is 6.07 Å².